The molecule has 8 heteroatoms. The van der Waals surface area contributed by atoms with Crippen molar-refractivity contribution in [3.8, 4) is 11.3 Å². The summed E-state index contributed by atoms with van der Waals surface area (Å²) in [5.41, 5.74) is 3.21. The number of hydrogen-bond donors (Lipinski definition) is 2. The summed E-state index contributed by atoms with van der Waals surface area (Å²) in [7, 11) is 0. The van der Waals surface area contributed by atoms with Gasteiger partial charge in [0.15, 0.2) is 5.76 Å². The molecule has 0 bridgehead atoms. The van der Waals surface area contributed by atoms with Crippen molar-refractivity contribution >= 4 is 22.9 Å². The number of rotatable bonds is 6. The molecule has 1 aliphatic heterocycles. The predicted molar refractivity (Wildman–Crippen MR) is 121 cm³/mol. The van der Waals surface area contributed by atoms with E-state index in [1.807, 2.05) is 50.7 Å². The van der Waals surface area contributed by atoms with E-state index in [9.17, 15) is 14.4 Å². The molecule has 1 fully saturated rings. The highest BCUT2D eigenvalue weighted by Crippen LogP contribution is 2.34. The first-order valence-corrected chi connectivity index (χ1v) is 10.8. The van der Waals surface area contributed by atoms with Crippen molar-refractivity contribution in [2.24, 2.45) is 0 Å². The number of ether oxygens (including phenoxy) is 1. The Bertz CT molecular complexity index is 1310. The van der Waals surface area contributed by atoms with E-state index < -0.39 is 17.4 Å². The van der Waals surface area contributed by atoms with Gasteiger partial charge >= 0.3 is 6.09 Å². The Balaban J connectivity index is 1.81. The number of imide groups is 1. The summed E-state index contributed by atoms with van der Waals surface area (Å²) in [6.45, 7) is 8.67. The number of aryl methyl sites for hydroxylation is 2. The summed E-state index contributed by atoms with van der Waals surface area (Å²) >= 11 is 0. The third-order valence-electron chi connectivity index (χ3n) is 6.33. The number of amides is 2. The van der Waals surface area contributed by atoms with Crippen LogP contribution in [0.3, 0.4) is 0 Å². The molecule has 2 amide bonds. The van der Waals surface area contributed by atoms with E-state index in [4.69, 9.17) is 4.74 Å². The molecule has 1 saturated heterocycles. The second-order valence-electron chi connectivity index (χ2n) is 8.02. The number of aromatic amines is 1. The first-order chi connectivity index (χ1) is 15.3. The molecule has 1 aliphatic rings. The Labute approximate surface area is 185 Å². The lowest BCUT2D eigenvalue weighted by Crippen LogP contribution is -2.31. The average Bonchev–Trinajstić information content (AvgIpc) is 3.32. The number of carbonyl (C=O) groups excluding carboxylic acids is 2. The van der Waals surface area contributed by atoms with E-state index in [1.165, 1.54) is 0 Å². The molecule has 1 aromatic carbocycles. The Morgan fingerprint density at radius 3 is 2.47 bits per heavy atom. The molecule has 0 radical (unpaired) electrons. The number of nitrogens with one attached hydrogen (secondary N) is 2. The first kappa shape index (κ1) is 21.5. The standard InChI is InChI=1S/C24H26N4O4/c1-5-24(6-2,12-20-22(30)27-23(31)32-20)17-8-9-18(26-21(17)29)16-11-19-15(10-14(16)4)13-25-28(19)7-3/h8-13H,5-7H2,1-4H3,(H,26,29)(H,27,30,31)/b20-12-. The van der Waals surface area contributed by atoms with Gasteiger partial charge in [0.1, 0.15) is 0 Å². The van der Waals surface area contributed by atoms with E-state index in [1.54, 1.807) is 12.1 Å². The maximum Gasteiger partial charge on any atom is 0.419 e. The van der Waals surface area contributed by atoms with Gasteiger partial charge in [0.25, 0.3) is 11.5 Å². The molecule has 3 heterocycles. The van der Waals surface area contributed by atoms with Crippen LogP contribution in [-0.2, 0) is 21.5 Å². The van der Waals surface area contributed by atoms with Crippen LogP contribution in [0.1, 0.15) is 44.7 Å². The van der Waals surface area contributed by atoms with Gasteiger partial charge in [0.05, 0.1) is 11.7 Å². The van der Waals surface area contributed by atoms with Crippen molar-refractivity contribution in [1.29, 1.82) is 0 Å². The van der Waals surface area contributed by atoms with Crippen molar-refractivity contribution in [2.75, 3.05) is 0 Å². The fourth-order valence-corrected chi connectivity index (χ4v) is 4.39. The number of aromatic nitrogens is 3. The number of pyridine rings is 1. The largest absolute Gasteiger partial charge is 0.419 e. The van der Waals surface area contributed by atoms with Gasteiger partial charge in [-0.05, 0) is 56.5 Å². The van der Waals surface area contributed by atoms with Crippen LogP contribution in [0.2, 0.25) is 0 Å². The molecule has 32 heavy (non-hydrogen) atoms. The Kier molecular flexibility index (Phi) is 5.46. The molecule has 0 saturated carbocycles. The lowest BCUT2D eigenvalue weighted by Gasteiger charge is -2.28. The molecule has 0 atom stereocenters. The zero-order chi connectivity index (χ0) is 23.0. The van der Waals surface area contributed by atoms with Gasteiger partial charge in [-0.3, -0.25) is 19.6 Å². The van der Waals surface area contributed by atoms with Gasteiger partial charge in [-0.15, -0.1) is 0 Å². The maximum atomic E-state index is 13.2. The van der Waals surface area contributed by atoms with Crippen LogP contribution in [0.25, 0.3) is 22.2 Å². The van der Waals surface area contributed by atoms with Crippen molar-refractivity contribution in [3.63, 3.8) is 0 Å². The molecule has 0 unspecified atom stereocenters. The number of allylic oxidation sites excluding steroid dienone is 1. The maximum absolute atomic E-state index is 13.2. The molecular weight excluding hydrogens is 408 g/mol. The highest BCUT2D eigenvalue weighted by molar-refractivity contribution is 6.07. The monoisotopic (exact) mass is 434 g/mol. The second-order valence-corrected chi connectivity index (χ2v) is 8.02. The van der Waals surface area contributed by atoms with E-state index in [0.717, 1.165) is 28.6 Å². The van der Waals surface area contributed by atoms with Crippen molar-refractivity contribution in [2.45, 2.75) is 52.5 Å². The molecule has 3 aromatic rings. The van der Waals surface area contributed by atoms with Crippen molar-refractivity contribution < 1.29 is 14.3 Å². The number of benzene rings is 1. The number of H-pyrrole nitrogens is 1. The van der Waals surface area contributed by atoms with Crippen molar-refractivity contribution in [3.05, 3.63) is 63.8 Å². The minimum absolute atomic E-state index is 0.0729. The van der Waals surface area contributed by atoms with Crippen LogP contribution < -0.4 is 10.9 Å². The second kappa shape index (κ2) is 8.11. The Hall–Kier alpha value is -3.68. The molecule has 0 spiro atoms. The summed E-state index contributed by atoms with van der Waals surface area (Å²) in [6, 6.07) is 7.80. The fourth-order valence-electron chi connectivity index (χ4n) is 4.39. The highest BCUT2D eigenvalue weighted by Gasteiger charge is 2.35. The lowest BCUT2D eigenvalue weighted by molar-refractivity contribution is -0.116. The van der Waals surface area contributed by atoms with Gasteiger partial charge in [0, 0.05) is 34.2 Å². The van der Waals surface area contributed by atoms with Gasteiger partial charge in [-0.25, -0.2) is 4.79 Å². The number of carbonyl (C=O) groups is 2. The summed E-state index contributed by atoms with van der Waals surface area (Å²) < 4.78 is 6.92. The van der Waals surface area contributed by atoms with Crippen molar-refractivity contribution in [1.82, 2.24) is 20.1 Å². The Morgan fingerprint density at radius 1 is 1.12 bits per heavy atom. The number of alkyl carbamates (subject to hydrolysis) is 1. The summed E-state index contributed by atoms with van der Waals surface area (Å²) in [5, 5.41) is 7.56. The number of nitrogens with zero attached hydrogens (tertiary/aromatic N) is 2. The van der Waals surface area contributed by atoms with Gasteiger partial charge < -0.3 is 9.72 Å². The fraction of sp³-hybridized carbons (Fsp3) is 0.333. The van der Waals surface area contributed by atoms with Crippen LogP contribution in [0.4, 0.5) is 4.79 Å². The minimum atomic E-state index is -0.802. The van der Waals surface area contributed by atoms with Crippen LogP contribution in [0.5, 0.6) is 0 Å². The molecular formula is C24H26N4O4. The Morgan fingerprint density at radius 2 is 1.88 bits per heavy atom. The summed E-state index contributed by atoms with van der Waals surface area (Å²) in [5.74, 6) is -0.665. The third-order valence-corrected chi connectivity index (χ3v) is 6.33. The van der Waals surface area contributed by atoms with Crippen LogP contribution in [0, 0.1) is 6.92 Å². The number of cyclic esters (lactones) is 1. The van der Waals surface area contributed by atoms with Crippen LogP contribution in [0.15, 0.2) is 47.1 Å². The van der Waals surface area contributed by atoms with Crippen LogP contribution in [-0.4, -0.2) is 26.8 Å². The molecule has 2 aromatic heterocycles. The molecule has 4 rings (SSSR count). The minimum Gasteiger partial charge on any atom is -0.404 e. The van der Waals surface area contributed by atoms with Gasteiger partial charge in [-0.1, -0.05) is 19.9 Å². The number of hydrogen-bond acceptors (Lipinski definition) is 5. The van der Waals surface area contributed by atoms with E-state index >= 15 is 0 Å². The lowest BCUT2D eigenvalue weighted by atomic mass is 9.75. The molecule has 0 aliphatic carbocycles. The smallest absolute Gasteiger partial charge is 0.404 e. The van der Waals surface area contributed by atoms with E-state index in [-0.39, 0.29) is 11.3 Å². The SMILES string of the molecule is CCn1ncc2cc(C)c(-c3ccc(C(/C=C4\OC(=O)NC4=O)(CC)CC)c(=O)[nH]3)cc21. The summed E-state index contributed by atoms with van der Waals surface area (Å²) in [4.78, 5) is 39.7. The molecule has 8 nitrogen and oxygen atoms in total. The normalized spacial score (nSPS) is 15.4. The van der Waals surface area contributed by atoms with Gasteiger partial charge in [-0.2, -0.15) is 5.10 Å². The zero-order valence-corrected chi connectivity index (χ0v) is 18.6. The first-order valence-electron chi connectivity index (χ1n) is 10.8. The van der Waals surface area contributed by atoms with Crippen LogP contribution >= 0.6 is 0 Å². The average molecular weight is 434 g/mol. The topological polar surface area (TPSA) is 106 Å². The highest BCUT2D eigenvalue weighted by atomic mass is 16.6. The molecule has 2 N–H and O–H groups in total. The number of fused-ring (bicyclic) bond motifs is 1. The van der Waals surface area contributed by atoms with Gasteiger partial charge in [0.2, 0.25) is 0 Å². The third kappa shape index (κ3) is 3.51. The quantitative estimate of drug-likeness (QED) is 0.572. The summed E-state index contributed by atoms with van der Waals surface area (Å²) in [6.07, 6.45) is 3.75. The zero-order valence-electron chi connectivity index (χ0n) is 18.6. The van der Waals surface area contributed by atoms with E-state index in [0.29, 0.717) is 24.1 Å². The molecule has 166 valence electrons. The predicted octanol–water partition coefficient (Wildman–Crippen LogP) is 3.93. The van der Waals surface area contributed by atoms with E-state index in [2.05, 4.69) is 21.5 Å².